The van der Waals surface area contributed by atoms with Crippen molar-refractivity contribution in [3.63, 3.8) is 0 Å². The van der Waals surface area contributed by atoms with E-state index in [9.17, 15) is 9.59 Å². The van der Waals surface area contributed by atoms with Crippen LogP contribution in [0.3, 0.4) is 0 Å². The van der Waals surface area contributed by atoms with E-state index in [0.29, 0.717) is 6.54 Å². The topological polar surface area (TPSA) is 88.0 Å². The first kappa shape index (κ1) is 11.5. The minimum Gasteiger partial charge on any atom is -0.364 e. The molecule has 0 saturated heterocycles. The predicted molar refractivity (Wildman–Crippen MR) is 57.8 cm³/mol. The Morgan fingerprint density at radius 3 is 2.87 bits per heavy atom. The molecule has 5 heteroatoms. The van der Waals surface area contributed by atoms with E-state index in [1.807, 2.05) is 0 Å². The summed E-state index contributed by atoms with van der Waals surface area (Å²) >= 11 is 0. The van der Waals surface area contributed by atoms with Gasteiger partial charge in [-0.25, -0.2) is 0 Å². The highest BCUT2D eigenvalue weighted by Crippen LogP contribution is 1.91. The molecule has 1 atom stereocenters. The van der Waals surface area contributed by atoms with Crippen molar-refractivity contribution >= 4 is 5.91 Å². The van der Waals surface area contributed by atoms with Gasteiger partial charge < -0.3 is 16.0 Å². The highest BCUT2D eigenvalue weighted by Gasteiger charge is 2.09. The van der Waals surface area contributed by atoms with Crippen molar-refractivity contribution < 1.29 is 4.79 Å². The first-order valence-corrected chi connectivity index (χ1v) is 4.74. The van der Waals surface area contributed by atoms with E-state index < -0.39 is 5.91 Å². The third kappa shape index (κ3) is 3.21. The van der Waals surface area contributed by atoms with Crippen LogP contribution in [0.5, 0.6) is 0 Å². The second-order valence-electron chi connectivity index (χ2n) is 3.58. The molecule has 4 N–H and O–H groups in total. The lowest BCUT2D eigenvalue weighted by molar-refractivity contribution is 0.0950. The minimum atomic E-state index is -0.395. The Morgan fingerprint density at radius 1 is 1.67 bits per heavy atom. The highest BCUT2D eigenvalue weighted by molar-refractivity contribution is 5.93. The zero-order chi connectivity index (χ0) is 11.4. The zero-order valence-electron chi connectivity index (χ0n) is 8.83. The Kier molecular flexibility index (Phi) is 3.62. The number of carbonyl (C=O) groups excluding carboxylic acids is 1. The molecule has 15 heavy (non-hydrogen) atoms. The third-order valence-electron chi connectivity index (χ3n) is 1.89. The molecule has 0 aliphatic heterocycles. The Morgan fingerprint density at radius 2 is 2.33 bits per heavy atom. The van der Waals surface area contributed by atoms with Crippen LogP contribution in [0.2, 0.25) is 0 Å². The fourth-order valence-electron chi connectivity index (χ4n) is 1.10. The van der Waals surface area contributed by atoms with Crippen LogP contribution in [0, 0.1) is 6.92 Å². The van der Waals surface area contributed by atoms with E-state index in [4.69, 9.17) is 5.73 Å². The van der Waals surface area contributed by atoms with Crippen LogP contribution in [-0.4, -0.2) is 23.5 Å². The monoisotopic (exact) mass is 209 g/mol. The summed E-state index contributed by atoms with van der Waals surface area (Å²) in [7, 11) is 0. The molecule has 0 aromatic carbocycles. The molecule has 0 radical (unpaired) electrons. The van der Waals surface area contributed by atoms with Gasteiger partial charge in [-0.1, -0.05) is 0 Å². The molecule has 1 amide bonds. The van der Waals surface area contributed by atoms with E-state index in [2.05, 4.69) is 10.3 Å². The van der Waals surface area contributed by atoms with E-state index >= 15 is 0 Å². The lowest BCUT2D eigenvalue weighted by atomic mass is 10.2. The summed E-state index contributed by atoms with van der Waals surface area (Å²) in [5.41, 5.74) is 6.03. The molecule has 1 aromatic rings. The third-order valence-corrected chi connectivity index (χ3v) is 1.89. The Bertz CT molecular complexity index is 409. The molecule has 1 aromatic heterocycles. The average molecular weight is 209 g/mol. The molecule has 0 bridgehead atoms. The smallest absolute Gasteiger partial charge is 0.256 e. The molecule has 0 saturated carbocycles. The average Bonchev–Trinajstić information content (AvgIpc) is 2.14. The van der Waals surface area contributed by atoms with Crippen LogP contribution in [0.1, 0.15) is 23.0 Å². The number of nitrogens with two attached hydrogens (primary N) is 1. The number of H-pyrrole nitrogens is 1. The highest BCUT2D eigenvalue weighted by atomic mass is 16.2. The van der Waals surface area contributed by atoms with E-state index in [1.54, 1.807) is 13.8 Å². The summed E-state index contributed by atoms with van der Waals surface area (Å²) in [5.74, 6) is -0.395. The molecule has 0 spiro atoms. The predicted octanol–water partition coefficient (Wildman–Crippen LogP) is -0.240. The van der Waals surface area contributed by atoms with Crippen LogP contribution in [0.4, 0.5) is 0 Å². The minimum absolute atomic E-state index is 0.112. The number of pyridine rings is 1. The molecular formula is C10H15N3O2. The van der Waals surface area contributed by atoms with Crippen molar-refractivity contribution in [1.82, 2.24) is 10.3 Å². The van der Waals surface area contributed by atoms with Gasteiger partial charge in [0.1, 0.15) is 5.56 Å². The number of hydrogen-bond acceptors (Lipinski definition) is 3. The number of carbonyl (C=O) groups is 1. The molecule has 1 rings (SSSR count). The molecule has 82 valence electrons. The maximum Gasteiger partial charge on any atom is 0.256 e. The summed E-state index contributed by atoms with van der Waals surface area (Å²) in [6.45, 7) is 3.89. The van der Waals surface area contributed by atoms with E-state index in [-0.39, 0.29) is 17.0 Å². The standard InChI is InChI=1S/C10H15N3O2/c1-6(11)4-13-10(15)8-5-12-7(2)3-9(8)14/h3,5-6H,4,11H2,1-2H3,(H,12,14)(H,13,15). The lowest BCUT2D eigenvalue weighted by Crippen LogP contribution is -2.37. The van der Waals surface area contributed by atoms with Gasteiger partial charge in [0, 0.05) is 30.5 Å². The van der Waals surface area contributed by atoms with Gasteiger partial charge in [0.15, 0.2) is 5.43 Å². The summed E-state index contributed by atoms with van der Waals surface area (Å²) in [6, 6.07) is 1.26. The second-order valence-corrected chi connectivity index (χ2v) is 3.58. The molecule has 0 fully saturated rings. The quantitative estimate of drug-likeness (QED) is 0.642. The van der Waals surface area contributed by atoms with Crippen LogP contribution in [0.25, 0.3) is 0 Å². The van der Waals surface area contributed by atoms with Gasteiger partial charge >= 0.3 is 0 Å². The number of hydrogen-bond donors (Lipinski definition) is 3. The van der Waals surface area contributed by atoms with Gasteiger partial charge in [0.05, 0.1) is 0 Å². The SMILES string of the molecule is Cc1cc(=O)c(C(=O)NCC(C)N)c[nH]1. The Labute approximate surface area is 87.7 Å². The van der Waals surface area contributed by atoms with Crippen molar-refractivity contribution in [2.45, 2.75) is 19.9 Å². The number of aryl methyl sites for hydroxylation is 1. The summed E-state index contributed by atoms with van der Waals surface area (Å²) in [4.78, 5) is 25.7. The van der Waals surface area contributed by atoms with Crippen molar-refractivity contribution in [2.75, 3.05) is 6.54 Å². The molecule has 5 nitrogen and oxygen atoms in total. The maximum atomic E-state index is 11.5. The van der Waals surface area contributed by atoms with Gasteiger partial charge in [0.25, 0.3) is 5.91 Å². The fourth-order valence-corrected chi connectivity index (χ4v) is 1.10. The van der Waals surface area contributed by atoms with Gasteiger partial charge in [-0.3, -0.25) is 9.59 Å². The van der Waals surface area contributed by atoms with Crippen LogP contribution in [-0.2, 0) is 0 Å². The lowest BCUT2D eigenvalue weighted by Gasteiger charge is -2.07. The summed E-state index contributed by atoms with van der Waals surface area (Å²) in [6.07, 6.45) is 1.41. The maximum absolute atomic E-state index is 11.5. The van der Waals surface area contributed by atoms with Crippen molar-refractivity contribution in [3.8, 4) is 0 Å². The fraction of sp³-hybridized carbons (Fsp3) is 0.400. The normalized spacial score (nSPS) is 12.2. The molecule has 1 unspecified atom stereocenters. The Hall–Kier alpha value is -1.62. The van der Waals surface area contributed by atoms with E-state index in [0.717, 1.165) is 5.69 Å². The number of nitrogens with one attached hydrogen (secondary N) is 2. The first-order chi connectivity index (χ1) is 7.00. The van der Waals surface area contributed by atoms with Crippen LogP contribution in [0.15, 0.2) is 17.1 Å². The largest absolute Gasteiger partial charge is 0.364 e. The number of aromatic amines is 1. The van der Waals surface area contributed by atoms with Crippen molar-refractivity contribution in [1.29, 1.82) is 0 Å². The summed E-state index contributed by atoms with van der Waals surface area (Å²) < 4.78 is 0. The number of aromatic nitrogens is 1. The van der Waals surface area contributed by atoms with Crippen LogP contribution >= 0.6 is 0 Å². The van der Waals surface area contributed by atoms with Crippen molar-refractivity contribution in [3.05, 3.63) is 33.7 Å². The number of amides is 1. The van der Waals surface area contributed by atoms with E-state index in [1.165, 1.54) is 12.3 Å². The number of rotatable bonds is 3. The van der Waals surface area contributed by atoms with Gasteiger partial charge in [-0.05, 0) is 13.8 Å². The summed E-state index contributed by atoms with van der Waals surface area (Å²) in [5, 5.41) is 2.57. The van der Waals surface area contributed by atoms with Crippen LogP contribution < -0.4 is 16.5 Å². The first-order valence-electron chi connectivity index (χ1n) is 4.74. The van der Waals surface area contributed by atoms with Crippen molar-refractivity contribution in [2.24, 2.45) is 5.73 Å². The van der Waals surface area contributed by atoms with Gasteiger partial charge in [-0.2, -0.15) is 0 Å². The molecular weight excluding hydrogens is 194 g/mol. The zero-order valence-corrected chi connectivity index (χ0v) is 8.83. The van der Waals surface area contributed by atoms with Gasteiger partial charge in [0.2, 0.25) is 0 Å². The molecule has 1 heterocycles. The molecule has 0 aliphatic carbocycles. The Balaban J connectivity index is 2.79. The second kappa shape index (κ2) is 4.75. The van der Waals surface area contributed by atoms with Gasteiger partial charge in [-0.15, -0.1) is 0 Å². The molecule has 0 aliphatic rings.